The molecule has 0 aliphatic carbocycles. The van der Waals surface area contributed by atoms with Gasteiger partial charge in [0.1, 0.15) is 0 Å². The highest BCUT2D eigenvalue weighted by Gasteiger charge is 2.20. The summed E-state index contributed by atoms with van der Waals surface area (Å²) in [5, 5.41) is 6.72. The van der Waals surface area contributed by atoms with Gasteiger partial charge in [0.15, 0.2) is 5.96 Å². The van der Waals surface area contributed by atoms with Gasteiger partial charge in [-0.05, 0) is 39.1 Å². The zero-order valence-corrected chi connectivity index (χ0v) is 13.6. The smallest absolute Gasteiger partial charge is 0.191 e. The van der Waals surface area contributed by atoms with E-state index in [4.69, 9.17) is 4.99 Å². The van der Waals surface area contributed by atoms with Gasteiger partial charge in [-0.3, -0.25) is 9.89 Å². The number of nitrogens with zero attached hydrogens (tertiary/aromatic N) is 2. The molecule has 0 aromatic rings. The summed E-state index contributed by atoms with van der Waals surface area (Å²) in [6.45, 7) is 9.59. The molecule has 0 radical (unpaired) electrons. The third kappa shape index (κ3) is 6.52. The molecule has 1 aliphatic rings. The maximum atomic E-state index is 4.75. The van der Waals surface area contributed by atoms with Gasteiger partial charge >= 0.3 is 0 Å². The molecule has 1 rings (SSSR count). The SMILES string of the molecule is CCNC(=NCC1CCCCN1CC)NCCSC. The van der Waals surface area contributed by atoms with Crippen LogP contribution in [0.4, 0.5) is 0 Å². The van der Waals surface area contributed by atoms with Crippen LogP contribution in [0, 0.1) is 0 Å². The zero-order chi connectivity index (χ0) is 13.9. The van der Waals surface area contributed by atoms with Gasteiger partial charge in [-0.1, -0.05) is 13.3 Å². The number of hydrogen-bond acceptors (Lipinski definition) is 3. The van der Waals surface area contributed by atoms with Crippen molar-refractivity contribution in [3.63, 3.8) is 0 Å². The summed E-state index contributed by atoms with van der Waals surface area (Å²) in [6, 6.07) is 0.634. The first kappa shape index (κ1) is 16.6. The number of likely N-dealkylation sites (N-methyl/N-ethyl adjacent to an activating group) is 1. The minimum absolute atomic E-state index is 0.634. The molecule has 0 aromatic heterocycles. The topological polar surface area (TPSA) is 39.7 Å². The number of thioether (sulfide) groups is 1. The normalized spacial score (nSPS) is 21.4. The Balaban J connectivity index is 2.43. The Morgan fingerprint density at radius 3 is 2.84 bits per heavy atom. The van der Waals surface area contributed by atoms with Crippen LogP contribution in [-0.2, 0) is 0 Å². The van der Waals surface area contributed by atoms with Gasteiger partial charge in [-0.2, -0.15) is 11.8 Å². The Bertz CT molecular complexity index is 258. The lowest BCUT2D eigenvalue weighted by molar-refractivity contribution is 0.161. The minimum Gasteiger partial charge on any atom is -0.357 e. The van der Waals surface area contributed by atoms with Crippen LogP contribution in [0.3, 0.4) is 0 Å². The van der Waals surface area contributed by atoms with Crippen LogP contribution in [0.15, 0.2) is 4.99 Å². The monoisotopic (exact) mass is 286 g/mol. The molecule has 1 saturated heterocycles. The lowest BCUT2D eigenvalue weighted by Gasteiger charge is -2.33. The summed E-state index contributed by atoms with van der Waals surface area (Å²) < 4.78 is 0. The minimum atomic E-state index is 0.634. The second-order valence-corrected chi connectivity index (χ2v) is 5.90. The van der Waals surface area contributed by atoms with Crippen molar-refractivity contribution in [3.8, 4) is 0 Å². The summed E-state index contributed by atoms with van der Waals surface area (Å²) in [5.74, 6) is 2.09. The second-order valence-electron chi connectivity index (χ2n) is 4.92. The molecule has 0 saturated carbocycles. The van der Waals surface area contributed by atoms with E-state index in [1.807, 2.05) is 11.8 Å². The first-order chi connectivity index (χ1) is 9.31. The Kier molecular flexibility index (Phi) is 9.08. The maximum Gasteiger partial charge on any atom is 0.191 e. The largest absolute Gasteiger partial charge is 0.357 e. The molecule has 1 atom stereocenters. The summed E-state index contributed by atoms with van der Waals surface area (Å²) >= 11 is 1.86. The number of piperidine rings is 1. The standard InChI is InChI=1S/C14H30N4S/c1-4-15-14(16-9-11-19-3)17-12-13-8-6-7-10-18(13)5-2/h13H,4-12H2,1-3H3,(H2,15,16,17). The Morgan fingerprint density at radius 2 is 2.16 bits per heavy atom. The van der Waals surface area contributed by atoms with Crippen LogP contribution < -0.4 is 10.6 Å². The summed E-state index contributed by atoms with van der Waals surface area (Å²) in [6.07, 6.45) is 6.13. The molecule has 4 nitrogen and oxygen atoms in total. The van der Waals surface area contributed by atoms with Gasteiger partial charge in [0, 0.05) is 24.9 Å². The molecular formula is C14H30N4S. The van der Waals surface area contributed by atoms with Crippen LogP contribution in [0.1, 0.15) is 33.1 Å². The average Bonchev–Trinajstić information content (AvgIpc) is 2.45. The highest BCUT2D eigenvalue weighted by atomic mass is 32.2. The van der Waals surface area contributed by atoms with E-state index in [9.17, 15) is 0 Å². The predicted molar refractivity (Wildman–Crippen MR) is 87.2 cm³/mol. The van der Waals surface area contributed by atoms with E-state index in [-0.39, 0.29) is 0 Å². The van der Waals surface area contributed by atoms with Crippen LogP contribution in [-0.4, -0.2) is 61.6 Å². The molecular weight excluding hydrogens is 256 g/mol. The average molecular weight is 286 g/mol. The van der Waals surface area contributed by atoms with Gasteiger partial charge < -0.3 is 10.6 Å². The van der Waals surface area contributed by atoms with Gasteiger partial charge in [0.2, 0.25) is 0 Å². The van der Waals surface area contributed by atoms with Crippen molar-refractivity contribution in [2.24, 2.45) is 4.99 Å². The van der Waals surface area contributed by atoms with Crippen molar-refractivity contribution < 1.29 is 0 Å². The number of guanidine groups is 1. The number of aliphatic imine (C=N–C) groups is 1. The Hall–Kier alpha value is -0.420. The summed E-state index contributed by atoms with van der Waals surface area (Å²) in [4.78, 5) is 7.32. The highest BCUT2D eigenvalue weighted by molar-refractivity contribution is 7.98. The van der Waals surface area contributed by atoms with Crippen molar-refractivity contribution >= 4 is 17.7 Å². The van der Waals surface area contributed by atoms with E-state index in [1.54, 1.807) is 0 Å². The molecule has 1 heterocycles. The number of hydrogen-bond donors (Lipinski definition) is 2. The molecule has 0 aromatic carbocycles. The third-order valence-electron chi connectivity index (χ3n) is 3.56. The molecule has 112 valence electrons. The predicted octanol–water partition coefficient (Wildman–Crippen LogP) is 1.78. The number of likely N-dealkylation sites (tertiary alicyclic amines) is 1. The van der Waals surface area contributed by atoms with Gasteiger partial charge in [0.25, 0.3) is 0 Å². The molecule has 1 aliphatic heterocycles. The molecule has 1 unspecified atom stereocenters. The summed E-state index contributed by atoms with van der Waals surface area (Å²) in [5.41, 5.74) is 0. The number of rotatable bonds is 7. The van der Waals surface area contributed by atoms with Gasteiger partial charge in [-0.15, -0.1) is 0 Å². The van der Waals surface area contributed by atoms with E-state index < -0.39 is 0 Å². The van der Waals surface area contributed by atoms with E-state index in [0.717, 1.165) is 37.9 Å². The maximum absolute atomic E-state index is 4.75. The zero-order valence-electron chi connectivity index (χ0n) is 12.7. The van der Waals surface area contributed by atoms with Crippen molar-refractivity contribution in [2.75, 3.05) is 44.7 Å². The Labute approximate surface area is 122 Å². The van der Waals surface area contributed by atoms with E-state index in [2.05, 4.69) is 35.6 Å². The van der Waals surface area contributed by atoms with Crippen molar-refractivity contribution in [1.82, 2.24) is 15.5 Å². The van der Waals surface area contributed by atoms with Crippen LogP contribution >= 0.6 is 11.8 Å². The van der Waals surface area contributed by atoms with Crippen molar-refractivity contribution in [1.29, 1.82) is 0 Å². The van der Waals surface area contributed by atoms with Gasteiger partial charge in [-0.25, -0.2) is 0 Å². The van der Waals surface area contributed by atoms with Crippen LogP contribution in [0.25, 0.3) is 0 Å². The first-order valence-electron chi connectivity index (χ1n) is 7.57. The molecule has 1 fully saturated rings. The van der Waals surface area contributed by atoms with Crippen LogP contribution in [0.2, 0.25) is 0 Å². The van der Waals surface area contributed by atoms with Crippen molar-refractivity contribution in [2.45, 2.75) is 39.2 Å². The molecule has 2 N–H and O–H groups in total. The second kappa shape index (κ2) is 10.4. The van der Waals surface area contributed by atoms with Crippen molar-refractivity contribution in [3.05, 3.63) is 0 Å². The molecule has 0 amide bonds. The van der Waals surface area contributed by atoms with E-state index in [1.165, 1.54) is 25.8 Å². The quantitative estimate of drug-likeness (QED) is 0.425. The fraction of sp³-hybridized carbons (Fsp3) is 0.929. The summed E-state index contributed by atoms with van der Waals surface area (Å²) in [7, 11) is 0. The van der Waals surface area contributed by atoms with Crippen LogP contribution in [0.5, 0.6) is 0 Å². The first-order valence-corrected chi connectivity index (χ1v) is 8.96. The lowest BCUT2D eigenvalue weighted by atomic mass is 10.0. The fourth-order valence-electron chi connectivity index (χ4n) is 2.49. The molecule has 5 heteroatoms. The third-order valence-corrected chi connectivity index (χ3v) is 4.17. The van der Waals surface area contributed by atoms with Gasteiger partial charge in [0.05, 0.1) is 6.54 Å². The highest BCUT2D eigenvalue weighted by Crippen LogP contribution is 2.16. The lowest BCUT2D eigenvalue weighted by Crippen LogP contribution is -2.43. The van der Waals surface area contributed by atoms with E-state index >= 15 is 0 Å². The van der Waals surface area contributed by atoms with E-state index in [0.29, 0.717) is 6.04 Å². The molecule has 19 heavy (non-hydrogen) atoms. The Morgan fingerprint density at radius 1 is 1.32 bits per heavy atom. The number of nitrogens with one attached hydrogen (secondary N) is 2. The molecule has 0 spiro atoms. The molecule has 0 bridgehead atoms. The fourth-order valence-corrected chi connectivity index (χ4v) is 2.80.